The number of amidine groups is 1. The molecule has 20 heavy (non-hydrogen) atoms. The highest BCUT2D eigenvalue weighted by Gasteiger charge is 2.23. The lowest BCUT2D eigenvalue weighted by molar-refractivity contribution is -0.118. The van der Waals surface area contributed by atoms with Gasteiger partial charge in [-0.2, -0.15) is 0 Å². The van der Waals surface area contributed by atoms with Gasteiger partial charge in [-0.05, 0) is 24.0 Å². The van der Waals surface area contributed by atoms with Gasteiger partial charge in [0.1, 0.15) is 0 Å². The van der Waals surface area contributed by atoms with Crippen LogP contribution in [0.5, 0.6) is 0 Å². The highest BCUT2D eigenvalue weighted by Crippen LogP contribution is 2.24. The van der Waals surface area contributed by atoms with Gasteiger partial charge >= 0.3 is 0 Å². The molecule has 0 fully saturated rings. The van der Waals surface area contributed by atoms with Crippen LogP contribution in [0.25, 0.3) is 0 Å². The van der Waals surface area contributed by atoms with Crippen LogP contribution in [-0.2, 0) is 4.79 Å². The normalized spacial score (nSPS) is 13.3. The van der Waals surface area contributed by atoms with Crippen LogP contribution < -0.4 is 11.1 Å². The number of nitrogens with two attached hydrogens (primary N) is 1. The van der Waals surface area contributed by atoms with Gasteiger partial charge < -0.3 is 16.3 Å². The summed E-state index contributed by atoms with van der Waals surface area (Å²) in [5, 5.41) is 14.6. The summed E-state index contributed by atoms with van der Waals surface area (Å²) >= 11 is 0. The molecule has 1 unspecified atom stereocenters. The highest BCUT2D eigenvalue weighted by atomic mass is 16.4. The number of carbonyl (C=O) groups excluding carboxylic acids is 1. The molecule has 0 saturated heterocycles. The smallest absolute Gasteiger partial charge is 0.235 e. The Morgan fingerprint density at radius 3 is 2.60 bits per heavy atom. The number of para-hydroxylation sites is 1. The zero-order chi connectivity index (χ0) is 15.1. The Kier molecular flexibility index (Phi) is 6.03. The van der Waals surface area contributed by atoms with Gasteiger partial charge in [0, 0.05) is 5.69 Å². The molecule has 0 radical (unpaired) electrons. The third-order valence-electron chi connectivity index (χ3n) is 3.21. The third kappa shape index (κ3) is 3.98. The van der Waals surface area contributed by atoms with Crippen LogP contribution in [0.15, 0.2) is 29.4 Å². The quantitative estimate of drug-likeness (QED) is 0.323. The van der Waals surface area contributed by atoms with Crippen molar-refractivity contribution in [3.63, 3.8) is 0 Å². The first-order chi connectivity index (χ1) is 9.51. The molecule has 0 aliphatic rings. The van der Waals surface area contributed by atoms with E-state index in [4.69, 9.17) is 10.9 Å². The van der Waals surface area contributed by atoms with Crippen molar-refractivity contribution >= 4 is 17.4 Å². The van der Waals surface area contributed by atoms with E-state index < -0.39 is 5.92 Å². The number of hydrogen-bond acceptors (Lipinski definition) is 3. The summed E-state index contributed by atoms with van der Waals surface area (Å²) in [6.07, 6.45) is 1.33. The second-order valence-electron chi connectivity index (χ2n) is 5.10. The molecule has 1 atom stereocenters. The number of anilines is 1. The predicted octanol–water partition coefficient (Wildman–Crippen LogP) is 2.91. The lowest BCUT2D eigenvalue weighted by Gasteiger charge is -2.18. The molecular formula is C15H23N3O2. The lowest BCUT2D eigenvalue weighted by atomic mass is 9.99. The van der Waals surface area contributed by atoms with Crippen molar-refractivity contribution in [2.45, 2.75) is 39.5 Å². The molecule has 0 aliphatic heterocycles. The minimum Gasteiger partial charge on any atom is -0.409 e. The minimum atomic E-state index is -0.606. The van der Waals surface area contributed by atoms with Crippen LogP contribution in [0.4, 0.5) is 5.69 Å². The van der Waals surface area contributed by atoms with E-state index in [1.807, 2.05) is 31.2 Å². The topological polar surface area (TPSA) is 87.7 Å². The number of carbonyl (C=O) groups is 1. The van der Waals surface area contributed by atoms with Gasteiger partial charge in [-0.1, -0.05) is 50.5 Å². The SMILES string of the molecule is CCCC(C(=O)Nc1ccccc1C(C)C)C(N)=NO. The Hall–Kier alpha value is -2.04. The monoisotopic (exact) mass is 277 g/mol. The van der Waals surface area contributed by atoms with Gasteiger partial charge in [-0.3, -0.25) is 4.79 Å². The van der Waals surface area contributed by atoms with Crippen LogP contribution in [0.1, 0.15) is 45.1 Å². The number of nitrogens with one attached hydrogen (secondary N) is 1. The number of rotatable bonds is 6. The second kappa shape index (κ2) is 7.53. The van der Waals surface area contributed by atoms with Gasteiger partial charge in [0.25, 0.3) is 0 Å². The van der Waals surface area contributed by atoms with Crippen molar-refractivity contribution in [2.24, 2.45) is 16.8 Å². The Labute approximate surface area is 119 Å². The van der Waals surface area contributed by atoms with Crippen molar-refractivity contribution < 1.29 is 10.0 Å². The van der Waals surface area contributed by atoms with Gasteiger partial charge in [0.15, 0.2) is 5.84 Å². The summed E-state index contributed by atoms with van der Waals surface area (Å²) in [5.74, 6) is -0.591. The van der Waals surface area contributed by atoms with Gasteiger partial charge in [0.05, 0.1) is 5.92 Å². The van der Waals surface area contributed by atoms with E-state index in [0.717, 1.165) is 17.7 Å². The summed E-state index contributed by atoms with van der Waals surface area (Å²) < 4.78 is 0. The molecule has 110 valence electrons. The number of oxime groups is 1. The fourth-order valence-electron chi connectivity index (χ4n) is 2.11. The first-order valence-corrected chi connectivity index (χ1v) is 6.88. The van der Waals surface area contributed by atoms with E-state index in [0.29, 0.717) is 12.3 Å². The van der Waals surface area contributed by atoms with Crippen LogP contribution in [0.3, 0.4) is 0 Å². The molecule has 0 bridgehead atoms. The van der Waals surface area contributed by atoms with E-state index in [1.54, 1.807) is 0 Å². The van der Waals surface area contributed by atoms with Gasteiger partial charge in [0.2, 0.25) is 5.91 Å². The maximum atomic E-state index is 12.3. The largest absolute Gasteiger partial charge is 0.409 e. The van der Waals surface area contributed by atoms with Crippen LogP contribution in [0.2, 0.25) is 0 Å². The lowest BCUT2D eigenvalue weighted by Crippen LogP contribution is -2.34. The summed E-state index contributed by atoms with van der Waals surface area (Å²) in [6.45, 7) is 6.09. The highest BCUT2D eigenvalue weighted by molar-refractivity contribution is 6.07. The van der Waals surface area contributed by atoms with E-state index in [-0.39, 0.29) is 11.7 Å². The molecule has 4 N–H and O–H groups in total. The molecular weight excluding hydrogens is 254 g/mol. The average molecular weight is 277 g/mol. The molecule has 0 heterocycles. The molecule has 0 spiro atoms. The first kappa shape index (κ1) is 16.0. The molecule has 0 aromatic heterocycles. The summed E-state index contributed by atoms with van der Waals surface area (Å²) in [6, 6.07) is 7.67. The Balaban J connectivity index is 2.94. The molecule has 5 nitrogen and oxygen atoms in total. The van der Waals surface area contributed by atoms with Crippen molar-refractivity contribution in [1.29, 1.82) is 0 Å². The average Bonchev–Trinajstić information content (AvgIpc) is 2.44. The standard InChI is InChI=1S/C15H23N3O2/c1-4-7-12(14(16)18-20)15(19)17-13-9-6-5-8-11(13)10(2)3/h5-6,8-10,12,20H,4,7H2,1-3H3,(H2,16,18)(H,17,19). The molecule has 0 saturated carbocycles. The zero-order valence-electron chi connectivity index (χ0n) is 12.3. The maximum absolute atomic E-state index is 12.3. The number of nitrogens with zero attached hydrogens (tertiary/aromatic N) is 1. The van der Waals surface area contributed by atoms with Crippen LogP contribution in [0, 0.1) is 5.92 Å². The van der Waals surface area contributed by atoms with Gasteiger partial charge in [-0.25, -0.2) is 0 Å². The number of amides is 1. The van der Waals surface area contributed by atoms with Gasteiger partial charge in [-0.15, -0.1) is 0 Å². The van der Waals surface area contributed by atoms with E-state index in [9.17, 15) is 4.79 Å². The molecule has 1 aromatic rings. The predicted molar refractivity (Wildman–Crippen MR) is 81.0 cm³/mol. The van der Waals surface area contributed by atoms with Crippen molar-refractivity contribution in [3.05, 3.63) is 29.8 Å². The summed E-state index contributed by atoms with van der Waals surface area (Å²) in [4.78, 5) is 12.3. The van der Waals surface area contributed by atoms with E-state index in [1.165, 1.54) is 0 Å². The summed E-state index contributed by atoms with van der Waals surface area (Å²) in [5.41, 5.74) is 7.44. The molecule has 1 aromatic carbocycles. The van der Waals surface area contributed by atoms with E-state index in [2.05, 4.69) is 24.3 Å². The summed E-state index contributed by atoms with van der Waals surface area (Å²) in [7, 11) is 0. The fourth-order valence-corrected chi connectivity index (χ4v) is 2.11. The van der Waals surface area contributed by atoms with E-state index >= 15 is 0 Å². The Morgan fingerprint density at radius 2 is 2.05 bits per heavy atom. The first-order valence-electron chi connectivity index (χ1n) is 6.88. The fraction of sp³-hybridized carbons (Fsp3) is 0.467. The van der Waals surface area contributed by atoms with Crippen molar-refractivity contribution in [2.75, 3.05) is 5.32 Å². The minimum absolute atomic E-state index is 0.0496. The Bertz CT molecular complexity index is 484. The molecule has 5 heteroatoms. The maximum Gasteiger partial charge on any atom is 0.235 e. The molecule has 1 rings (SSSR count). The zero-order valence-corrected chi connectivity index (χ0v) is 12.3. The second-order valence-corrected chi connectivity index (χ2v) is 5.10. The van der Waals surface area contributed by atoms with Crippen LogP contribution in [-0.4, -0.2) is 17.0 Å². The van der Waals surface area contributed by atoms with Crippen molar-refractivity contribution in [3.8, 4) is 0 Å². The third-order valence-corrected chi connectivity index (χ3v) is 3.21. The number of benzene rings is 1. The Morgan fingerprint density at radius 1 is 1.40 bits per heavy atom. The van der Waals surface area contributed by atoms with Crippen LogP contribution >= 0.6 is 0 Å². The molecule has 1 amide bonds. The molecule has 0 aliphatic carbocycles. The number of hydrogen-bond donors (Lipinski definition) is 3. The van der Waals surface area contributed by atoms with Crippen molar-refractivity contribution in [1.82, 2.24) is 0 Å².